The molecule has 0 fully saturated rings. The fraction of sp³-hybridized carbons (Fsp3) is 0.462. The summed E-state index contributed by atoms with van der Waals surface area (Å²) in [5.41, 5.74) is 0.678. The normalized spacial score (nSPS) is 12.6. The predicted octanol–water partition coefficient (Wildman–Crippen LogP) is 2.86. The number of aromatic nitrogens is 2. The number of rotatable bonds is 3. The number of fused-ring (bicyclic) bond motifs is 1. The van der Waals surface area contributed by atoms with Crippen molar-refractivity contribution in [1.82, 2.24) is 9.55 Å². The van der Waals surface area contributed by atoms with E-state index >= 15 is 0 Å². The largest absolute Gasteiger partial charge is 0.464 e. The summed E-state index contributed by atoms with van der Waals surface area (Å²) in [5.74, 6) is -0.460. The van der Waals surface area contributed by atoms with Crippen LogP contribution in [0.5, 0.6) is 0 Å². The molecule has 7 heteroatoms. The minimum absolute atomic E-state index is 0.240. The maximum Gasteiger partial charge on any atom is 0.329 e. The van der Waals surface area contributed by atoms with E-state index in [4.69, 9.17) is 17.0 Å². The molecule has 2 aromatic rings. The molecule has 2 heterocycles. The maximum atomic E-state index is 12.6. The van der Waals surface area contributed by atoms with E-state index in [9.17, 15) is 9.59 Å². The Balaban J connectivity index is 2.71. The zero-order chi connectivity index (χ0) is 15.0. The van der Waals surface area contributed by atoms with Crippen LogP contribution in [0.25, 0.3) is 10.2 Å². The Morgan fingerprint density at radius 1 is 1.50 bits per heavy atom. The van der Waals surface area contributed by atoms with Gasteiger partial charge in [-0.05, 0) is 45.5 Å². The minimum Gasteiger partial charge on any atom is -0.464 e. The first-order valence-electron chi connectivity index (χ1n) is 6.29. The standard InChI is InChI=1S/C13H16N2O3S2/c1-5-18-12(17)7(3)15-11(16)9-6(2)8(4)20-10(9)14-13(15)19/h7H,5H2,1-4H3,(H,14,19). The smallest absolute Gasteiger partial charge is 0.329 e. The van der Waals surface area contributed by atoms with E-state index in [0.29, 0.717) is 5.39 Å². The Hall–Kier alpha value is -1.47. The van der Waals surface area contributed by atoms with E-state index in [-0.39, 0.29) is 16.9 Å². The molecule has 1 unspecified atom stereocenters. The van der Waals surface area contributed by atoms with Gasteiger partial charge in [0.15, 0.2) is 4.77 Å². The number of hydrogen-bond acceptors (Lipinski definition) is 5. The number of hydrogen-bond donors (Lipinski definition) is 1. The first-order chi connectivity index (χ1) is 9.38. The highest BCUT2D eigenvalue weighted by molar-refractivity contribution is 7.71. The van der Waals surface area contributed by atoms with Gasteiger partial charge < -0.3 is 9.72 Å². The van der Waals surface area contributed by atoms with E-state index in [1.165, 1.54) is 15.9 Å². The first-order valence-corrected chi connectivity index (χ1v) is 7.52. The van der Waals surface area contributed by atoms with Crippen LogP contribution >= 0.6 is 23.6 Å². The van der Waals surface area contributed by atoms with E-state index < -0.39 is 12.0 Å². The molecule has 0 radical (unpaired) electrons. The second-order valence-corrected chi connectivity index (χ2v) is 6.13. The summed E-state index contributed by atoms with van der Waals surface area (Å²) in [6.45, 7) is 7.46. The molecular weight excluding hydrogens is 296 g/mol. The van der Waals surface area contributed by atoms with Gasteiger partial charge >= 0.3 is 5.97 Å². The van der Waals surface area contributed by atoms with Gasteiger partial charge in [-0.3, -0.25) is 9.36 Å². The number of aromatic amines is 1. The van der Waals surface area contributed by atoms with Gasteiger partial charge in [0.25, 0.3) is 5.56 Å². The van der Waals surface area contributed by atoms with Crippen molar-refractivity contribution in [3.05, 3.63) is 25.6 Å². The summed E-state index contributed by atoms with van der Waals surface area (Å²) in [6, 6.07) is -0.741. The van der Waals surface area contributed by atoms with Crippen LogP contribution in [0, 0.1) is 18.6 Å². The molecule has 0 aliphatic heterocycles. The van der Waals surface area contributed by atoms with Gasteiger partial charge in [0.05, 0.1) is 12.0 Å². The van der Waals surface area contributed by atoms with Gasteiger partial charge in [-0.2, -0.15) is 0 Å². The van der Waals surface area contributed by atoms with Crippen LogP contribution in [0.4, 0.5) is 0 Å². The summed E-state index contributed by atoms with van der Waals surface area (Å²) in [5, 5.41) is 0.595. The van der Waals surface area contributed by atoms with Crippen LogP contribution in [0.3, 0.4) is 0 Å². The average molecular weight is 312 g/mol. The highest BCUT2D eigenvalue weighted by Crippen LogP contribution is 2.26. The molecule has 0 amide bonds. The molecule has 0 aliphatic carbocycles. The number of nitrogens with one attached hydrogen (secondary N) is 1. The monoisotopic (exact) mass is 312 g/mol. The van der Waals surface area contributed by atoms with Gasteiger partial charge in [-0.15, -0.1) is 11.3 Å². The summed E-state index contributed by atoms with van der Waals surface area (Å²) in [7, 11) is 0. The topological polar surface area (TPSA) is 64.1 Å². The van der Waals surface area contributed by atoms with E-state index in [2.05, 4.69) is 4.98 Å². The lowest BCUT2D eigenvalue weighted by Crippen LogP contribution is -2.30. The van der Waals surface area contributed by atoms with Crippen LogP contribution in [-0.4, -0.2) is 22.1 Å². The van der Waals surface area contributed by atoms with Crippen LogP contribution in [-0.2, 0) is 9.53 Å². The summed E-state index contributed by atoms with van der Waals surface area (Å²) >= 11 is 6.70. The molecule has 1 atom stereocenters. The van der Waals surface area contributed by atoms with Crippen LogP contribution in [0.15, 0.2) is 4.79 Å². The average Bonchev–Trinajstić information content (AvgIpc) is 2.64. The number of esters is 1. The second kappa shape index (κ2) is 5.49. The van der Waals surface area contributed by atoms with Gasteiger partial charge in [0, 0.05) is 4.88 Å². The number of H-pyrrole nitrogens is 1. The Morgan fingerprint density at radius 2 is 2.15 bits per heavy atom. The van der Waals surface area contributed by atoms with Crippen molar-refractivity contribution in [3.8, 4) is 0 Å². The molecular formula is C13H16N2O3S2. The van der Waals surface area contributed by atoms with Crippen molar-refractivity contribution in [2.45, 2.75) is 33.7 Å². The fourth-order valence-corrected chi connectivity index (χ4v) is 3.52. The third-order valence-electron chi connectivity index (χ3n) is 3.27. The molecule has 5 nitrogen and oxygen atoms in total. The third kappa shape index (κ3) is 2.31. The van der Waals surface area contributed by atoms with E-state index in [1.807, 2.05) is 13.8 Å². The van der Waals surface area contributed by atoms with Gasteiger partial charge in [0.1, 0.15) is 10.9 Å². The minimum atomic E-state index is -0.741. The van der Waals surface area contributed by atoms with Crippen molar-refractivity contribution >= 4 is 39.7 Å². The Morgan fingerprint density at radius 3 is 2.75 bits per heavy atom. The Labute approximate surface area is 125 Å². The fourth-order valence-electron chi connectivity index (χ4n) is 2.06. The zero-order valence-electron chi connectivity index (χ0n) is 11.8. The molecule has 0 aromatic carbocycles. The number of ether oxygens (including phenoxy) is 1. The second-order valence-electron chi connectivity index (χ2n) is 4.52. The lowest BCUT2D eigenvalue weighted by molar-refractivity contribution is -0.146. The SMILES string of the molecule is CCOC(=O)C(C)n1c(=S)[nH]c2sc(C)c(C)c2c1=O. The Bertz CT molecular complexity index is 785. The molecule has 20 heavy (non-hydrogen) atoms. The molecule has 2 rings (SSSR count). The van der Waals surface area contributed by atoms with Crippen molar-refractivity contribution in [2.75, 3.05) is 6.61 Å². The highest BCUT2D eigenvalue weighted by Gasteiger charge is 2.21. The molecule has 0 bridgehead atoms. The maximum absolute atomic E-state index is 12.6. The zero-order valence-corrected chi connectivity index (χ0v) is 13.4. The van der Waals surface area contributed by atoms with Crippen LogP contribution < -0.4 is 5.56 Å². The third-order valence-corrected chi connectivity index (χ3v) is 4.69. The summed E-state index contributed by atoms with van der Waals surface area (Å²) < 4.78 is 6.49. The lowest BCUT2D eigenvalue weighted by atomic mass is 10.2. The highest BCUT2D eigenvalue weighted by atomic mass is 32.1. The molecule has 0 spiro atoms. The van der Waals surface area contributed by atoms with Crippen molar-refractivity contribution in [1.29, 1.82) is 0 Å². The molecule has 0 aliphatic rings. The van der Waals surface area contributed by atoms with E-state index in [0.717, 1.165) is 15.3 Å². The lowest BCUT2D eigenvalue weighted by Gasteiger charge is -2.14. The quantitative estimate of drug-likeness (QED) is 0.699. The molecule has 0 saturated heterocycles. The molecule has 2 aromatic heterocycles. The van der Waals surface area contributed by atoms with Gasteiger partial charge in [-0.1, -0.05) is 0 Å². The molecule has 108 valence electrons. The number of carbonyl (C=O) groups is 1. The van der Waals surface area contributed by atoms with Gasteiger partial charge in [0.2, 0.25) is 0 Å². The number of carbonyl (C=O) groups excluding carboxylic acids is 1. The van der Waals surface area contributed by atoms with Gasteiger partial charge in [-0.25, -0.2) is 4.79 Å². The molecule has 0 saturated carbocycles. The number of thiophene rings is 1. The Kier molecular flexibility index (Phi) is 4.10. The van der Waals surface area contributed by atoms with Crippen LogP contribution in [0.1, 0.15) is 30.3 Å². The van der Waals surface area contributed by atoms with E-state index in [1.54, 1.807) is 13.8 Å². The number of aryl methyl sites for hydroxylation is 2. The molecule has 1 N–H and O–H groups in total. The van der Waals surface area contributed by atoms with Crippen molar-refractivity contribution < 1.29 is 9.53 Å². The van der Waals surface area contributed by atoms with Crippen LogP contribution in [0.2, 0.25) is 0 Å². The summed E-state index contributed by atoms with van der Waals surface area (Å²) in [4.78, 5) is 29.3. The summed E-state index contributed by atoms with van der Waals surface area (Å²) in [6.07, 6.45) is 0. The van der Waals surface area contributed by atoms with Crippen molar-refractivity contribution in [3.63, 3.8) is 0 Å². The van der Waals surface area contributed by atoms with Crippen molar-refractivity contribution in [2.24, 2.45) is 0 Å². The number of nitrogens with zero attached hydrogens (tertiary/aromatic N) is 1. The predicted molar refractivity (Wildman–Crippen MR) is 82.1 cm³/mol. The first kappa shape index (κ1) is 14.9.